The molecule has 0 aliphatic carbocycles. The average Bonchev–Trinajstić information content (AvgIpc) is 2.75. The Morgan fingerprint density at radius 2 is 2.05 bits per heavy atom. The van der Waals surface area contributed by atoms with Crippen molar-refractivity contribution < 1.29 is 9.53 Å². The summed E-state index contributed by atoms with van der Waals surface area (Å²) in [6.07, 6.45) is 8.15. The van der Waals surface area contributed by atoms with Crippen molar-refractivity contribution in [2.24, 2.45) is 0 Å². The fraction of sp³-hybridized carbons (Fsp3) is 0.500. The summed E-state index contributed by atoms with van der Waals surface area (Å²) in [5.74, 6) is 0.797. The molecule has 118 valence electrons. The molecule has 2 atom stereocenters. The Labute approximate surface area is 132 Å². The highest BCUT2D eigenvalue weighted by Gasteiger charge is 2.38. The highest BCUT2D eigenvalue weighted by atomic mass is 16.5. The molecule has 3 rings (SSSR count). The third-order valence-corrected chi connectivity index (χ3v) is 4.97. The van der Waals surface area contributed by atoms with Crippen molar-refractivity contribution in [2.75, 3.05) is 14.2 Å². The van der Waals surface area contributed by atoms with Crippen LogP contribution in [-0.4, -0.2) is 43.1 Å². The fourth-order valence-electron chi connectivity index (χ4n) is 3.70. The zero-order valence-corrected chi connectivity index (χ0v) is 13.3. The smallest absolute Gasteiger partial charge is 0.244 e. The fourth-order valence-corrected chi connectivity index (χ4v) is 3.70. The molecule has 22 heavy (non-hydrogen) atoms. The lowest BCUT2D eigenvalue weighted by Crippen LogP contribution is -2.48. The van der Waals surface area contributed by atoms with Crippen molar-refractivity contribution in [3.63, 3.8) is 0 Å². The second-order valence-electron chi connectivity index (χ2n) is 6.34. The molecule has 4 heteroatoms. The van der Waals surface area contributed by atoms with Gasteiger partial charge in [0.1, 0.15) is 5.75 Å². The molecule has 2 aliphatic heterocycles. The van der Waals surface area contributed by atoms with Crippen molar-refractivity contribution in [3.8, 4) is 5.75 Å². The number of nitrogens with one attached hydrogen (secondary N) is 1. The number of hydrogen-bond acceptors (Lipinski definition) is 3. The number of carbonyl (C=O) groups is 1. The topological polar surface area (TPSA) is 41.6 Å². The summed E-state index contributed by atoms with van der Waals surface area (Å²) >= 11 is 0. The third-order valence-electron chi connectivity index (χ3n) is 4.97. The molecule has 2 heterocycles. The highest BCUT2D eigenvalue weighted by Crippen LogP contribution is 2.34. The maximum atomic E-state index is 12.1. The predicted octanol–water partition coefficient (Wildman–Crippen LogP) is 2.45. The molecule has 0 saturated carbocycles. The second-order valence-corrected chi connectivity index (χ2v) is 6.34. The Bertz CT molecular complexity index is 556. The van der Waals surface area contributed by atoms with Crippen molar-refractivity contribution in [1.82, 2.24) is 10.2 Å². The van der Waals surface area contributed by atoms with E-state index in [0.717, 1.165) is 24.2 Å². The Morgan fingerprint density at radius 1 is 1.32 bits per heavy atom. The number of nitrogens with zero attached hydrogens (tertiary/aromatic N) is 1. The summed E-state index contributed by atoms with van der Waals surface area (Å²) in [6.45, 7) is 0. The maximum absolute atomic E-state index is 12.1. The molecule has 2 aliphatic rings. The Balaban J connectivity index is 1.55. The van der Waals surface area contributed by atoms with Gasteiger partial charge < -0.3 is 15.0 Å². The summed E-state index contributed by atoms with van der Waals surface area (Å²) in [5.41, 5.74) is 0.970. The van der Waals surface area contributed by atoms with E-state index in [9.17, 15) is 4.79 Å². The molecule has 0 aromatic heterocycles. The lowest BCUT2D eigenvalue weighted by Gasteiger charge is -2.36. The van der Waals surface area contributed by atoms with Gasteiger partial charge >= 0.3 is 0 Å². The van der Waals surface area contributed by atoms with Gasteiger partial charge in [0.25, 0.3) is 0 Å². The minimum Gasteiger partial charge on any atom is -0.497 e. The first kappa shape index (κ1) is 15.1. The van der Waals surface area contributed by atoms with E-state index in [4.69, 9.17) is 4.74 Å². The summed E-state index contributed by atoms with van der Waals surface area (Å²) in [4.78, 5) is 14.6. The quantitative estimate of drug-likeness (QED) is 0.869. The van der Waals surface area contributed by atoms with Crippen molar-refractivity contribution in [3.05, 3.63) is 35.9 Å². The van der Waals surface area contributed by atoms with Gasteiger partial charge in [0.05, 0.1) is 7.11 Å². The number of hydrogen-bond donors (Lipinski definition) is 1. The molecule has 0 radical (unpaired) electrons. The van der Waals surface area contributed by atoms with Crippen LogP contribution in [0.15, 0.2) is 30.3 Å². The number of methoxy groups -OCH3 is 1. The van der Waals surface area contributed by atoms with E-state index in [1.54, 1.807) is 13.2 Å². The van der Waals surface area contributed by atoms with Crippen LogP contribution in [0.3, 0.4) is 0 Å². The SMILES string of the molecule is COc1cccc(C=CC(=O)NC2CC3CCC(C2)N3C)c1. The van der Waals surface area contributed by atoms with Crippen LogP contribution in [0.5, 0.6) is 5.75 Å². The number of carbonyl (C=O) groups excluding carboxylic acids is 1. The van der Waals surface area contributed by atoms with Gasteiger partial charge in [-0.25, -0.2) is 0 Å². The minimum atomic E-state index is -0.00299. The van der Waals surface area contributed by atoms with Gasteiger partial charge in [-0.15, -0.1) is 0 Å². The molecular formula is C18H24N2O2. The number of amides is 1. The molecule has 2 saturated heterocycles. The van der Waals surface area contributed by atoms with Gasteiger partial charge in [0.15, 0.2) is 0 Å². The predicted molar refractivity (Wildman–Crippen MR) is 87.8 cm³/mol. The van der Waals surface area contributed by atoms with E-state index in [2.05, 4.69) is 17.3 Å². The van der Waals surface area contributed by atoms with Crippen LogP contribution in [0, 0.1) is 0 Å². The van der Waals surface area contributed by atoms with Crippen LogP contribution >= 0.6 is 0 Å². The Morgan fingerprint density at radius 3 is 2.73 bits per heavy atom. The number of fused-ring (bicyclic) bond motifs is 2. The van der Waals surface area contributed by atoms with Crippen molar-refractivity contribution in [1.29, 1.82) is 0 Å². The van der Waals surface area contributed by atoms with E-state index >= 15 is 0 Å². The normalized spacial score (nSPS) is 28.0. The molecule has 1 aromatic carbocycles. The minimum absolute atomic E-state index is 0.00299. The van der Waals surface area contributed by atoms with Gasteiger partial charge in [-0.3, -0.25) is 4.79 Å². The number of piperidine rings is 1. The van der Waals surface area contributed by atoms with Crippen LogP contribution < -0.4 is 10.1 Å². The largest absolute Gasteiger partial charge is 0.497 e. The zero-order chi connectivity index (χ0) is 15.5. The molecular weight excluding hydrogens is 276 g/mol. The number of benzene rings is 1. The lowest BCUT2D eigenvalue weighted by molar-refractivity contribution is -0.117. The summed E-state index contributed by atoms with van der Waals surface area (Å²) < 4.78 is 5.18. The first-order valence-corrected chi connectivity index (χ1v) is 8.00. The van der Waals surface area contributed by atoms with Crippen LogP contribution in [0.25, 0.3) is 6.08 Å². The molecule has 2 bridgehead atoms. The van der Waals surface area contributed by atoms with Gasteiger partial charge in [0, 0.05) is 24.2 Å². The zero-order valence-electron chi connectivity index (χ0n) is 13.3. The summed E-state index contributed by atoms with van der Waals surface area (Å²) in [7, 11) is 3.85. The molecule has 2 fully saturated rings. The van der Waals surface area contributed by atoms with Gasteiger partial charge in [0.2, 0.25) is 5.91 Å². The van der Waals surface area contributed by atoms with Gasteiger partial charge in [-0.2, -0.15) is 0 Å². The number of rotatable bonds is 4. The molecule has 4 nitrogen and oxygen atoms in total. The van der Waals surface area contributed by atoms with Crippen molar-refractivity contribution >= 4 is 12.0 Å². The highest BCUT2D eigenvalue weighted by molar-refractivity contribution is 5.91. The monoisotopic (exact) mass is 300 g/mol. The van der Waals surface area contributed by atoms with Crippen LogP contribution in [-0.2, 0) is 4.79 Å². The lowest BCUT2D eigenvalue weighted by atomic mass is 9.98. The Kier molecular flexibility index (Phi) is 4.48. The number of ether oxygens (including phenoxy) is 1. The van der Waals surface area contributed by atoms with Gasteiger partial charge in [-0.05, 0) is 56.5 Å². The second kappa shape index (κ2) is 6.53. The van der Waals surface area contributed by atoms with Crippen molar-refractivity contribution in [2.45, 2.75) is 43.8 Å². The molecule has 1 aromatic rings. The van der Waals surface area contributed by atoms with Crippen LogP contribution in [0.4, 0.5) is 0 Å². The van der Waals surface area contributed by atoms with E-state index in [1.165, 1.54) is 12.8 Å². The van der Waals surface area contributed by atoms with Gasteiger partial charge in [-0.1, -0.05) is 12.1 Å². The molecule has 1 N–H and O–H groups in total. The first-order chi connectivity index (χ1) is 10.7. The average molecular weight is 300 g/mol. The third kappa shape index (κ3) is 3.33. The van der Waals surface area contributed by atoms with E-state index < -0.39 is 0 Å². The molecule has 1 amide bonds. The summed E-state index contributed by atoms with van der Waals surface area (Å²) in [6, 6.07) is 9.30. The van der Waals surface area contributed by atoms with E-state index in [1.807, 2.05) is 30.3 Å². The molecule has 2 unspecified atom stereocenters. The van der Waals surface area contributed by atoms with Crippen LogP contribution in [0.2, 0.25) is 0 Å². The Hall–Kier alpha value is -1.81. The first-order valence-electron chi connectivity index (χ1n) is 8.00. The molecule has 0 spiro atoms. The maximum Gasteiger partial charge on any atom is 0.244 e. The van der Waals surface area contributed by atoms with E-state index in [-0.39, 0.29) is 5.91 Å². The van der Waals surface area contributed by atoms with E-state index in [0.29, 0.717) is 18.1 Å². The van der Waals surface area contributed by atoms with Crippen LogP contribution in [0.1, 0.15) is 31.2 Å². The standard InChI is InChI=1S/C18H24N2O2/c1-20-15-7-8-16(20)12-14(11-15)19-18(21)9-6-13-4-3-5-17(10-13)22-2/h3-6,9-10,14-16H,7-8,11-12H2,1-2H3,(H,19,21). The summed E-state index contributed by atoms with van der Waals surface area (Å²) in [5, 5.41) is 3.16.